The van der Waals surface area contributed by atoms with E-state index in [1.54, 1.807) is 0 Å². The van der Waals surface area contributed by atoms with Gasteiger partial charge in [-0.3, -0.25) is 4.79 Å². The van der Waals surface area contributed by atoms with Gasteiger partial charge in [0.25, 0.3) is 0 Å². The van der Waals surface area contributed by atoms with Gasteiger partial charge in [0.15, 0.2) is 0 Å². The average Bonchev–Trinajstić information content (AvgIpc) is 2.07. The molecule has 0 rings (SSSR count). The van der Waals surface area contributed by atoms with Crippen LogP contribution in [0.5, 0.6) is 0 Å². The van der Waals surface area contributed by atoms with E-state index in [1.807, 2.05) is 0 Å². The number of nitrogens with zero attached hydrogens (tertiary/aromatic N) is 1. The summed E-state index contributed by atoms with van der Waals surface area (Å²) in [5.41, 5.74) is 5.03. The Bertz CT molecular complexity index is 405. The van der Waals surface area contributed by atoms with E-state index in [4.69, 9.17) is 5.73 Å². The molecule has 0 unspecified atom stereocenters. The van der Waals surface area contributed by atoms with Crippen LogP contribution in [0.2, 0.25) is 0 Å². The highest BCUT2D eigenvalue weighted by molar-refractivity contribution is 7.90. The van der Waals surface area contributed by atoms with Crippen molar-refractivity contribution in [3.63, 3.8) is 0 Å². The van der Waals surface area contributed by atoms with Crippen molar-refractivity contribution >= 4 is 33.0 Å². The lowest BCUT2D eigenvalue weighted by Gasteiger charge is -2.22. The average molecular weight is 292 g/mol. The first-order chi connectivity index (χ1) is 7.43. The Hall–Kier alpha value is -0.900. The summed E-state index contributed by atoms with van der Waals surface area (Å²) in [6, 6.07) is 0. The summed E-state index contributed by atoms with van der Waals surface area (Å²) in [4.78, 5) is 10.9. The molecule has 0 aliphatic rings. The second-order valence-electron chi connectivity index (χ2n) is 3.32. The van der Waals surface area contributed by atoms with Crippen LogP contribution in [0.25, 0.3) is 0 Å². The molecule has 10 heteroatoms. The van der Waals surface area contributed by atoms with Gasteiger partial charge in [-0.2, -0.15) is 13.2 Å². The van der Waals surface area contributed by atoms with Crippen LogP contribution in [0.3, 0.4) is 0 Å². The van der Waals surface area contributed by atoms with Crippen LogP contribution in [0.1, 0.15) is 0 Å². The first-order valence-corrected chi connectivity index (χ1v) is 6.72. The molecule has 0 aliphatic heterocycles. The van der Waals surface area contributed by atoms with Crippen molar-refractivity contribution in [2.75, 3.05) is 25.1 Å². The number of hydrogen-bond acceptors (Lipinski definition) is 4. The molecule has 2 N–H and O–H groups in total. The molecular formula is C7H11F3N2O3S2. The fourth-order valence-electron chi connectivity index (χ4n) is 0.896. The molecule has 100 valence electrons. The van der Waals surface area contributed by atoms with Crippen molar-refractivity contribution in [1.29, 1.82) is 0 Å². The van der Waals surface area contributed by atoms with Crippen LogP contribution in [-0.4, -0.2) is 55.5 Å². The number of sulfone groups is 1. The van der Waals surface area contributed by atoms with Crippen LogP contribution in [-0.2, 0) is 14.6 Å². The Morgan fingerprint density at radius 2 is 1.88 bits per heavy atom. The molecule has 0 aliphatic carbocycles. The van der Waals surface area contributed by atoms with Gasteiger partial charge in [0, 0.05) is 12.8 Å². The number of carbonyl (C=O) groups excluding carboxylic acids is 1. The fourth-order valence-corrected chi connectivity index (χ4v) is 1.60. The van der Waals surface area contributed by atoms with Crippen LogP contribution >= 0.6 is 12.2 Å². The van der Waals surface area contributed by atoms with Gasteiger partial charge in [0.05, 0.1) is 17.3 Å². The number of thiocarbonyl (C=S) groups is 1. The molecule has 5 nitrogen and oxygen atoms in total. The quantitative estimate of drug-likeness (QED) is 0.704. The molecule has 0 saturated carbocycles. The number of nitrogens with two attached hydrogens (primary N) is 1. The van der Waals surface area contributed by atoms with Gasteiger partial charge in [0.1, 0.15) is 9.84 Å². The van der Waals surface area contributed by atoms with Crippen molar-refractivity contribution < 1.29 is 26.4 Å². The normalized spacial score (nSPS) is 12.2. The highest BCUT2D eigenvalue weighted by atomic mass is 32.2. The lowest BCUT2D eigenvalue weighted by atomic mass is 10.4. The molecular weight excluding hydrogens is 281 g/mol. The van der Waals surface area contributed by atoms with Crippen molar-refractivity contribution in [3.8, 4) is 0 Å². The zero-order chi connectivity index (χ0) is 13.9. The van der Waals surface area contributed by atoms with E-state index in [1.165, 1.54) is 0 Å². The van der Waals surface area contributed by atoms with Gasteiger partial charge in [-0.1, -0.05) is 12.2 Å². The van der Waals surface area contributed by atoms with E-state index in [0.717, 1.165) is 6.26 Å². The number of alkyl halides is 3. The van der Waals surface area contributed by atoms with Gasteiger partial charge in [0.2, 0.25) is 0 Å². The smallest absolute Gasteiger partial charge is 0.392 e. The molecule has 0 radical (unpaired) electrons. The molecule has 1 amide bonds. The minimum Gasteiger partial charge on any atom is -0.392 e. The Labute approximate surface area is 102 Å². The van der Waals surface area contributed by atoms with E-state index in [0.29, 0.717) is 0 Å². The minimum absolute atomic E-state index is 0.267. The first kappa shape index (κ1) is 16.1. The van der Waals surface area contributed by atoms with Gasteiger partial charge in [-0.25, -0.2) is 8.42 Å². The van der Waals surface area contributed by atoms with Crippen molar-refractivity contribution in [1.82, 2.24) is 4.90 Å². The second kappa shape index (κ2) is 5.63. The molecule has 0 aromatic carbocycles. The Kier molecular flexibility index (Phi) is 5.33. The maximum Gasteiger partial charge on any atom is 0.471 e. The van der Waals surface area contributed by atoms with E-state index in [9.17, 15) is 26.4 Å². The van der Waals surface area contributed by atoms with Crippen molar-refractivity contribution in [2.24, 2.45) is 5.73 Å². The third-order valence-corrected chi connectivity index (χ3v) is 2.66. The zero-order valence-corrected chi connectivity index (χ0v) is 10.5. The highest BCUT2D eigenvalue weighted by Gasteiger charge is 2.42. The van der Waals surface area contributed by atoms with Gasteiger partial charge >= 0.3 is 12.1 Å². The van der Waals surface area contributed by atoms with Gasteiger partial charge in [-0.15, -0.1) is 0 Å². The summed E-state index contributed by atoms with van der Waals surface area (Å²) in [6.45, 7) is -1.21. The summed E-state index contributed by atoms with van der Waals surface area (Å²) in [5, 5.41) is 0. The zero-order valence-electron chi connectivity index (χ0n) is 8.82. The van der Waals surface area contributed by atoms with E-state index in [-0.39, 0.29) is 9.89 Å². The molecule has 0 bridgehead atoms. The third kappa shape index (κ3) is 7.10. The monoisotopic (exact) mass is 292 g/mol. The molecule has 0 heterocycles. The summed E-state index contributed by atoms with van der Waals surface area (Å²) in [7, 11) is -3.48. The maximum absolute atomic E-state index is 12.1. The van der Waals surface area contributed by atoms with Crippen molar-refractivity contribution in [2.45, 2.75) is 6.18 Å². The van der Waals surface area contributed by atoms with E-state index >= 15 is 0 Å². The molecule has 0 atom stereocenters. The first-order valence-electron chi connectivity index (χ1n) is 4.25. The second-order valence-corrected chi connectivity index (χ2v) is 6.10. The standard InChI is InChI=1S/C7H11F3N2O3S2/c1-17(14,15)3-2-12(4-5(11)16)6(13)7(8,9)10/h2-4H2,1H3,(H2,11,16). The van der Waals surface area contributed by atoms with Crippen LogP contribution in [0.15, 0.2) is 0 Å². The van der Waals surface area contributed by atoms with Crippen LogP contribution in [0.4, 0.5) is 13.2 Å². The van der Waals surface area contributed by atoms with Gasteiger partial charge in [-0.05, 0) is 0 Å². The summed E-state index contributed by atoms with van der Waals surface area (Å²) >= 11 is 4.39. The lowest BCUT2D eigenvalue weighted by Crippen LogP contribution is -2.46. The Morgan fingerprint density at radius 3 is 2.18 bits per heavy atom. The number of hydrogen-bond donors (Lipinski definition) is 1. The Morgan fingerprint density at radius 1 is 1.41 bits per heavy atom. The lowest BCUT2D eigenvalue weighted by molar-refractivity contribution is -0.184. The number of carbonyl (C=O) groups is 1. The topological polar surface area (TPSA) is 80.5 Å². The van der Waals surface area contributed by atoms with Crippen LogP contribution in [0, 0.1) is 0 Å². The molecule has 0 fully saturated rings. The van der Waals surface area contributed by atoms with Gasteiger partial charge < -0.3 is 10.6 Å². The molecule has 0 saturated heterocycles. The predicted molar refractivity (Wildman–Crippen MR) is 59.1 cm³/mol. The largest absolute Gasteiger partial charge is 0.471 e. The SMILES string of the molecule is CS(=O)(=O)CCN(CC(N)=S)C(=O)C(F)(F)F. The summed E-state index contributed by atoms with van der Waals surface area (Å²) in [6.07, 6.45) is -4.23. The number of amides is 1. The van der Waals surface area contributed by atoms with E-state index in [2.05, 4.69) is 12.2 Å². The molecule has 0 aromatic heterocycles. The maximum atomic E-state index is 12.1. The van der Waals surface area contributed by atoms with E-state index < -0.39 is 40.8 Å². The molecule has 0 aromatic rings. The minimum atomic E-state index is -5.08. The third-order valence-electron chi connectivity index (χ3n) is 1.61. The number of halogens is 3. The summed E-state index contributed by atoms with van der Waals surface area (Å²) < 4.78 is 58.1. The number of rotatable bonds is 5. The molecule has 0 spiro atoms. The predicted octanol–water partition coefficient (Wildman–Crippen LogP) is -0.292. The summed E-state index contributed by atoms with van der Waals surface area (Å²) in [5.74, 6) is -2.74. The highest BCUT2D eigenvalue weighted by Crippen LogP contribution is 2.18. The molecule has 17 heavy (non-hydrogen) atoms. The van der Waals surface area contributed by atoms with Crippen molar-refractivity contribution in [3.05, 3.63) is 0 Å². The Balaban J connectivity index is 4.78. The van der Waals surface area contributed by atoms with Crippen LogP contribution < -0.4 is 5.73 Å². The fraction of sp³-hybridized carbons (Fsp3) is 0.714.